The van der Waals surface area contributed by atoms with E-state index < -0.39 is 0 Å². The molecule has 0 radical (unpaired) electrons. The SMILES string of the molecule is C.CC(C)(C)NC(=O)[C@H]1CC[C@H]2[C@@H]3CC[C@H]4NC(=O)C=C[C@]4(C)[C@H]3CC[C@]12C. The van der Waals surface area contributed by atoms with Crippen molar-refractivity contribution in [2.75, 3.05) is 0 Å². The molecule has 4 aliphatic rings. The highest BCUT2D eigenvalue weighted by atomic mass is 16.2. The lowest BCUT2D eigenvalue weighted by Crippen LogP contribution is -2.59. The largest absolute Gasteiger partial charge is 0.351 e. The molecule has 28 heavy (non-hydrogen) atoms. The van der Waals surface area contributed by atoms with Gasteiger partial charge in [-0.25, -0.2) is 0 Å². The number of rotatable bonds is 1. The molecule has 4 rings (SSSR count). The molecule has 4 nitrogen and oxygen atoms in total. The Hall–Kier alpha value is -1.32. The highest BCUT2D eigenvalue weighted by Crippen LogP contribution is 2.65. The molecule has 0 saturated heterocycles. The zero-order chi connectivity index (χ0) is 19.6. The van der Waals surface area contributed by atoms with Crippen molar-refractivity contribution < 1.29 is 9.59 Å². The standard InChI is InChI=1S/C23H36N2O2.CH4/c1-21(2,3)25-20(27)17-8-7-15-14-6-9-18-23(5,13-11-19(26)24-18)16(14)10-12-22(15,17)4;/h11,13-18H,6-10,12H2,1-5H3,(H,24,26)(H,25,27);1H4/t14-,15-,16-,17+,18+,22-,23+;/m0./s1. The Balaban J connectivity index is 0.00000225. The molecule has 0 bridgehead atoms. The van der Waals surface area contributed by atoms with Crippen LogP contribution in [0.15, 0.2) is 12.2 Å². The van der Waals surface area contributed by atoms with Gasteiger partial charge in [0, 0.05) is 22.9 Å². The molecule has 158 valence electrons. The fourth-order valence-corrected chi connectivity index (χ4v) is 7.22. The summed E-state index contributed by atoms with van der Waals surface area (Å²) in [6, 6.07) is 0.280. The van der Waals surface area contributed by atoms with E-state index >= 15 is 0 Å². The van der Waals surface area contributed by atoms with Crippen LogP contribution in [0, 0.1) is 34.5 Å². The smallest absolute Gasteiger partial charge is 0.243 e. The fourth-order valence-electron chi connectivity index (χ4n) is 7.22. The van der Waals surface area contributed by atoms with Crippen molar-refractivity contribution >= 4 is 11.8 Å². The lowest BCUT2D eigenvalue weighted by molar-refractivity contribution is -0.135. The van der Waals surface area contributed by atoms with Gasteiger partial charge in [-0.05, 0) is 88.5 Å². The van der Waals surface area contributed by atoms with Gasteiger partial charge in [0.25, 0.3) is 0 Å². The van der Waals surface area contributed by atoms with Gasteiger partial charge in [0.05, 0.1) is 0 Å². The molecule has 1 aliphatic heterocycles. The van der Waals surface area contributed by atoms with Crippen LogP contribution in [0.4, 0.5) is 0 Å². The molecule has 3 aliphatic carbocycles. The van der Waals surface area contributed by atoms with Crippen molar-refractivity contribution in [1.82, 2.24) is 10.6 Å². The molecule has 7 atom stereocenters. The Morgan fingerprint density at radius 2 is 1.82 bits per heavy atom. The van der Waals surface area contributed by atoms with E-state index in [9.17, 15) is 9.59 Å². The summed E-state index contributed by atoms with van der Waals surface area (Å²) in [5.74, 6) is 2.41. The first-order valence-corrected chi connectivity index (χ1v) is 10.9. The van der Waals surface area contributed by atoms with E-state index in [0.29, 0.717) is 17.8 Å². The minimum absolute atomic E-state index is 0. The van der Waals surface area contributed by atoms with Gasteiger partial charge in [-0.2, -0.15) is 0 Å². The Labute approximate surface area is 171 Å². The summed E-state index contributed by atoms with van der Waals surface area (Å²) in [5.41, 5.74) is 0.0323. The van der Waals surface area contributed by atoms with Gasteiger partial charge in [0.2, 0.25) is 11.8 Å². The second kappa shape index (κ2) is 6.88. The van der Waals surface area contributed by atoms with Crippen molar-refractivity contribution in [1.29, 1.82) is 0 Å². The van der Waals surface area contributed by atoms with E-state index in [0.717, 1.165) is 19.3 Å². The van der Waals surface area contributed by atoms with Crippen LogP contribution in [0.3, 0.4) is 0 Å². The van der Waals surface area contributed by atoms with Gasteiger partial charge in [0.15, 0.2) is 0 Å². The molecule has 0 aromatic rings. The molecule has 2 amide bonds. The highest BCUT2D eigenvalue weighted by Gasteiger charge is 2.60. The molecule has 2 N–H and O–H groups in total. The number of carbonyl (C=O) groups excluding carboxylic acids is 2. The van der Waals surface area contributed by atoms with Crippen LogP contribution in [0.1, 0.15) is 80.6 Å². The summed E-state index contributed by atoms with van der Waals surface area (Å²) >= 11 is 0. The molecule has 1 heterocycles. The highest BCUT2D eigenvalue weighted by molar-refractivity contribution is 5.89. The average molecular weight is 389 g/mol. The molecular weight excluding hydrogens is 348 g/mol. The van der Waals surface area contributed by atoms with Crippen molar-refractivity contribution in [2.45, 2.75) is 92.2 Å². The summed E-state index contributed by atoms with van der Waals surface area (Å²) in [4.78, 5) is 24.9. The molecule has 0 aromatic heterocycles. The Morgan fingerprint density at radius 1 is 1.11 bits per heavy atom. The molecular formula is C24H40N2O2. The van der Waals surface area contributed by atoms with Crippen LogP contribution in [-0.2, 0) is 9.59 Å². The van der Waals surface area contributed by atoms with E-state index in [1.807, 2.05) is 0 Å². The monoisotopic (exact) mass is 388 g/mol. The topological polar surface area (TPSA) is 58.2 Å². The second-order valence-electron chi connectivity index (χ2n) is 11.1. The van der Waals surface area contributed by atoms with E-state index in [1.54, 1.807) is 6.08 Å². The van der Waals surface area contributed by atoms with Gasteiger partial charge in [0.1, 0.15) is 0 Å². The summed E-state index contributed by atoms with van der Waals surface area (Å²) in [6.45, 7) is 11.0. The summed E-state index contributed by atoms with van der Waals surface area (Å²) < 4.78 is 0. The fraction of sp³-hybridized carbons (Fsp3) is 0.833. The lowest BCUT2D eigenvalue weighted by atomic mass is 9.48. The molecule has 4 heteroatoms. The minimum Gasteiger partial charge on any atom is -0.351 e. The van der Waals surface area contributed by atoms with Crippen LogP contribution in [0.25, 0.3) is 0 Å². The van der Waals surface area contributed by atoms with Gasteiger partial charge in [-0.3, -0.25) is 9.59 Å². The van der Waals surface area contributed by atoms with Crippen molar-refractivity contribution in [3.05, 3.63) is 12.2 Å². The zero-order valence-electron chi connectivity index (χ0n) is 17.6. The second-order valence-corrected chi connectivity index (χ2v) is 11.1. The van der Waals surface area contributed by atoms with Crippen LogP contribution in [-0.4, -0.2) is 23.4 Å². The van der Waals surface area contributed by atoms with Gasteiger partial charge in [-0.1, -0.05) is 27.4 Å². The number of fused-ring (bicyclic) bond motifs is 5. The number of nitrogens with one attached hydrogen (secondary N) is 2. The first kappa shape index (κ1) is 21.4. The van der Waals surface area contributed by atoms with Crippen LogP contribution in [0.5, 0.6) is 0 Å². The Morgan fingerprint density at radius 3 is 2.50 bits per heavy atom. The van der Waals surface area contributed by atoms with Crippen molar-refractivity contribution in [3.8, 4) is 0 Å². The van der Waals surface area contributed by atoms with E-state index in [-0.39, 0.29) is 47.6 Å². The van der Waals surface area contributed by atoms with Crippen LogP contribution >= 0.6 is 0 Å². The summed E-state index contributed by atoms with van der Waals surface area (Å²) in [5, 5.41) is 6.48. The maximum atomic E-state index is 13.0. The van der Waals surface area contributed by atoms with E-state index in [2.05, 4.69) is 51.3 Å². The van der Waals surface area contributed by atoms with Gasteiger partial charge < -0.3 is 10.6 Å². The average Bonchev–Trinajstić information content (AvgIpc) is 2.91. The molecule has 0 spiro atoms. The third-order valence-corrected chi connectivity index (χ3v) is 8.50. The Bertz CT molecular complexity index is 679. The number of amides is 2. The predicted molar refractivity (Wildman–Crippen MR) is 114 cm³/mol. The maximum absolute atomic E-state index is 13.0. The molecule has 3 fully saturated rings. The number of hydrogen-bond acceptors (Lipinski definition) is 2. The van der Waals surface area contributed by atoms with E-state index in [1.165, 1.54) is 19.3 Å². The van der Waals surface area contributed by atoms with E-state index in [4.69, 9.17) is 0 Å². The number of carbonyl (C=O) groups is 2. The molecule has 3 saturated carbocycles. The quantitative estimate of drug-likeness (QED) is 0.697. The minimum atomic E-state index is -0.167. The first-order chi connectivity index (χ1) is 12.5. The van der Waals surface area contributed by atoms with Crippen molar-refractivity contribution in [2.24, 2.45) is 34.5 Å². The lowest BCUT2D eigenvalue weighted by Gasteiger charge is -2.58. The third-order valence-electron chi connectivity index (χ3n) is 8.50. The first-order valence-electron chi connectivity index (χ1n) is 10.9. The molecule has 0 aromatic carbocycles. The maximum Gasteiger partial charge on any atom is 0.243 e. The van der Waals surface area contributed by atoms with Gasteiger partial charge >= 0.3 is 0 Å². The summed E-state index contributed by atoms with van der Waals surface area (Å²) in [7, 11) is 0. The van der Waals surface area contributed by atoms with Crippen LogP contribution in [0.2, 0.25) is 0 Å². The normalized spacial score (nSPS) is 44.5. The third kappa shape index (κ3) is 3.21. The van der Waals surface area contributed by atoms with Crippen molar-refractivity contribution in [3.63, 3.8) is 0 Å². The zero-order valence-corrected chi connectivity index (χ0v) is 17.6. The predicted octanol–water partition coefficient (Wildman–Crippen LogP) is 4.45. The summed E-state index contributed by atoms with van der Waals surface area (Å²) in [6.07, 6.45) is 10.7. The number of hydrogen-bond donors (Lipinski definition) is 2. The van der Waals surface area contributed by atoms with Gasteiger partial charge in [-0.15, -0.1) is 0 Å². The van der Waals surface area contributed by atoms with Crippen LogP contribution < -0.4 is 10.6 Å². The Kier molecular flexibility index (Phi) is 5.26. The molecule has 0 unspecified atom stereocenters.